The fraction of sp³-hybridized carbons (Fsp3) is 0.312. The topological polar surface area (TPSA) is 89.4 Å². The molecule has 224 valence electrons. The fourth-order valence-corrected chi connectivity index (χ4v) is 6.07. The van der Waals surface area contributed by atoms with E-state index in [0.29, 0.717) is 27.4 Å². The molecule has 1 aliphatic rings. The van der Waals surface area contributed by atoms with Crippen molar-refractivity contribution in [1.29, 1.82) is 0 Å². The van der Waals surface area contributed by atoms with Gasteiger partial charge in [-0.05, 0) is 80.4 Å². The number of ether oxygens (including phenoxy) is 1. The van der Waals surface area contributed by atoms with Gasteiger partial charge in [-0.25, -0.2) is 4.39 Å². The van der Waals surface area contributed by atoms with Gasteiger partial charge in [0.1, 0.15) is 24.7 Å². The lowest BCUT2D eigenvalue weighted by atomic mass is 9.95. The van der Waals surface area contributed by atoms with Gasteiger partial charge in [0.15, 0.2) is 11.0 Å². The van der Waals surface area contributed by atoms with Gasteiger partial charge in [0.25, 0.3) is 0 Å². The SMILES string of the molecule is C[C@H](Sc1nnc(COc2ccc(Cl)cc2)n1-c1ccccc1)C(=O)N(CC(=O)NC1CCCCC1)c1ccc(F)cc1. The van der Waals surface area contributed by atoms with Crippen LogP contribution in [0.2, 0.25) is 5.02 Å². The zero-order valence-corrected chi connectivity index (χ0v) is 25.4. The van der Waals surface area contributed by atoms with Crippen molar-refractivity contribution in [2.75, 3.05) is 11.4 Å². The second-order valence-electron chi connectivity index (χ2n) is 10.4. The number of anilines is 1. The summed E-state index contributed by atoms with van der Waals surface area (Å²) in [5.41, 5.74) is 1.26. The third-order valence-corrected chi connectivity index (χ3v) is 8.48. The number of carbonyl (C=O) groups excluding carboxylic acids is 2. The van der Waals surface area contributed by atoms with E-state index < -0.39 is 11.1 Å². The first-order chi connectivity index (χ1) is 20.9. The first-order valence-corrected chi connectivity index (χ1v) is 15.5. The maximum absolute atomic E-state index is 13.9. The number of halogens is 2. The van der Waals surface area contributed by atoms with E-state index in [4.69, 9.17) is 16.3 Å². The molecule has 1 atom stereocenters. The van der Waals surface area contributed by atoms with Gasteiger partial charge in [0.05, 0.1) is 5.25 Å². The average Bonchev–Trinajstić information content (AvgIpc) is 3.42. The molecular weight excluding hydrogens is 589 g/mol. The Kier molecular flexibility index (Phi) is 10.3. The van der Waals surface area contributed by atoms with Gasteiger partial charge in [-0.15, -0.1) is 10.2 Å². The first kappa shape index (κ1) is 30.6. The summed E-state index contributed by atoms with van der Waals surface area (Å²) in [4.78, 5) is 28.4. The van der Waals surface area contributed by atoms with Crippen LogP contribution >= 0.6 is 23.4 Å². The highest BCUT2D eigenvalue weighted by Gasteiger charge is 2.28. The van der Waals surface area contributed by atoms with Gasteiger partial charge in [0.2, 0.25) is 11.8 Å². The van der Waals surface area contributed by atoms with Crippen LogP contribution in [-0.4, -0.2) is 44.4 Å². The molecule has 43 heavy (non-hydrogen) atoms. The van der Waals surface area contributed by atoms with E-state index in [0.717, 1.165) is 31.4 Å². The summed E-state index contributed by atoms with van der Waals surface area (Å²) in [6.07, 6.45) is 5.19. The van der Waals surface area contributed by atoms with E-state index in [1.165, 1.54) is 47.3 Å². The Bertz CT molecular complexity index is 1510. The molecule has 1 heterocycles. The molecule has 1 aliphatic carbocycles. The molecule has 0 bridgehead atoms. The number of para-hydroxylation sites is 1. The number of aromatic nitrogens is 3. The van der Waals surface area contributed by atoms with Crippen LogP contribution in [0.4, 0.5) is 10.1 Å². The van der Waals surface area contributed by atoms with Gasteiger partial charge in [-0.3, -0.25) is 14.2 Å². The first-order valence-electron chi connectivity index (χ1n) is 14.3. The highest BCUT2D eigenvalue weighted by atomic mass is 35.5. The normalized spacial score (nSPS) is 14.2. The number of hydrogen-bond acceptors (Lipinski definition) is 6. The molecule has 4 aromatic rings. The number of benzene rings is 3. The van der Waals surface area contributed by atoms with Crippen LogP contribution in [0.25, 0.3) is 5.69 Å². The Morgan fingerprint density at radius 1 is 1.02 bits per heavy atom. The molecular formula is C32H33ClFN5O3S. The second kappa shape index (κ2) is 14.5. The molecule has 2 amide bonds. The lowest BCUT2D eigenvalue weighted by molar-refractivity contribution is -0.124. The molecule has 0 spiro atoms. The van der Waals surface area contributed by atoms with Crippen LogP contribution in [0, 0.1) is 5.82 Å². The van der Waals surface area contributed by atoms with Gasteiger partial charge in [-0.2, -0.15) is 0 Å². The van der Waals surface area contributed by atoms with Gasteiger partial charge < -0.3 is 15.0 Å². The summed E-state index contributed by atoms with van der Waals surface area (Å²) in [7, 11) is 0. The van der Waals surface area contributed by atoms with Crippen molar-refractivity contribution in [2.24, 2.45) is 0 Å². The minimum atomic E-state index is -0.649. The quantitative estimate of drug-likeness (QED) is 0.190. The predicted molar refractivity (Wildman–Crippen MR) is 166 cm³/mol. The fourth-order valence-electron chi connectivity index (χ4n) is 4.99. The van der Waals surface area contributed by atoms with Gasteiger partial charge in [0, 0.05) is 22.4 Å². The lowest BCUT2D eigenvalue weighted by Crippen LogP contribution is -2.46. The zero-order chi connectivity index (χ0) is 30.2. The Hall–Kier alpha value is -3.89. The van der Waals surface area contributed by atoms with Crippen molar-refractivity contribution in [3.8, 4) is 11.4 Å². The summed E-state index contributed by atoms with van der Waals surface area (Å²) >= 11 is 7.22. The molecule has 0 radical (unpaired) electrons. The minimum Gasteiger partial charge on any atom is -0.486 e. The summed E-state index contributed by atoms with van der Waals surface area (Å²) in [6.45, 7) is 1.73. The number of hydrogen-bond donors (Lipinski definition) is 1. The molecule has 0 saturated heterocycles. The highest BCUT2D eigenvalue weighted by molar-refractivity contribution is 8.00. The van der Waals surface area contributed by atoms with Crippen molar-refractivity contribution >= 4 is 40.9 Å². The smallest absolute Gasteiger partial charge is 0.240 e. The van der Waals surface area contributed by atoms with E-state index >= 15 is 0 Å². The van der Waals surface area contributed by atoms with Crippen LogP contribution in [0.3, 0.4) is 0 Å². The van der Waals surface area contributed by atoms with Crippen molar-refractivity contribution in [1.82, 2.24) is 20.1 Å². The van der Waals surface area contributed by atoms with Crippen LogP contribution in [0.5, 0.6) is 5.75 Å². The highest BCUT2D eigenvalue weighted by Crippen LogP contribution is 2.29. The number of carbonyl (C=O) groups is 2. The third kappa shape index (κ3) is 8.14. The van der Waals surface area contributed by atoms with E-state index in [-0.39, 0.29) is 31.0 Å². The van der Waals surface area contributed by atoms with Gasteiger partial charge >= 0.3 is 0 Å². The number of rotatable bonds is 11. The van der Waals surface area contributed by atoms with Crippen molar-refractivity contribution in [2.45, 2.75) is 62.1 Å². The maximum atomic E-state index is 13.9. The van der Waals surface area contributed by atoms with E-state index in [9.17, 15) is 14.0 Å². The Labute approximate surface area is 259 Å². The molecule has 1 fully saturated rings. The maximum Gasteiger partial charge on any atom is 0.240 e. The molecule has 0 aliphatic heterocycles. The van der Waals surface area contributed by atoms with Gasteiger partial charge in [-0.1, -0.05) is 60.8 Å². The largest absolute Gasteiger partial charge is 0.486 e. The lowest BCUT2D eigenvalue weighted by Gasteiger charge is -2.27. The molecule has 11 heteroatoms. The molecule has 0 unspecified atom stereocenters. The number of nitrogens with zero attached hydrogens (tertiary/aromatic N) is 4. The van der Waals surface area contributed by atoms with Crippen molar-refractivity contribution < 1.29 is 18.7 Å². The van der Waals surface area contributed by atoms with Crippen LogP contribution in [0.1, 0.15) is 44.9 Å². The number of amides is 2. The third-order valence-electron chi connectivity index (χ3n) is 7.20. The monoisotopic (exact) mass is 621 g/mol. The molecule has 3 aromatic carbocycles. The molecule has 8 nitrogen and oxygen atoms in total. The Morgan fingerprint density at radius 3 is 2.42 bits per heavy atom. The molecule has 1 saturated carbocycles. The molecule has 5 rings (SSSR count). The van der Waals surface area contributed by atoms with E-state index in [2.05, 4.69) is 15.5 Å². The van der Waals surface area contributed by atoms with Crippen molar-refractivity contribution in [3.05, 3.63) is 95.5 Å². The summed E-state index contributed by atoms with van der Waals surface area (Å²) in [5.74, 6) is 0.208. The van der Waals surface area contributed by atoms with Crippen LogP contribution in [0.15, 0.2) is 84.0 Å². The summed E-state index contributed by atoms with van der Waals surface area (Å²) in [6, 6.07) is 22.3. The predicted octanol–water partition coefficient (Wildman–Crippen LogP) is 6.60. The van der Waals surface area contributed by atoms with Crippen molar-refractivity contribution in [3.63, 3.8) is 0 Å². The molecule has 1 N–H and O–H groups in total. The van der Waals surface area contributed by atoms with E-state index in [1.807, 2.05) is 34.9 Å². The number of nitrogens with one attached hydrogen (secondary N) is 1. The molecule has 1 aromatic heterocycles. The van der Waals surface area contributed by atoms with E-state index in [1.54, 1.807) is 31.2 Å². The Balaban J connectivity index is 1.36. The van der Waals surface area contributed by atoms with Crippen LogP contribution in [-0.2, 0) is 16.2 Å². The number of thioether (sulfide) groups is 1. The zero-order valence-electron chi connectivity index (χ0n) is 23.8. The minimum absolute atomic E-state index is 0.108. The second-order valence-corrected chi connectivity index (χ2v) is 12.1. The standard InChI is InChI=1S/C32H33ClFN5O3S/c1-22(31(41)38(26-16-14-24(34)15-17-26)20-30(40)35-25-8-4-2-5-9-25)43-32-37-36-29(39(32)27-10-6-3-7-11-27)21-42-28-18-12-23(33)13-19-28/h3,6-7,10-19,22,25H,2,4-5,8-9,20-21H2,1H3,(H,35,40)/t22-/m0/s1. The Morgan fingerprint density at radius 2 is 1.72 bits per heavy atom. The van der Waals surface area contributed by atoms with Crippen LogP contribution < -0.4 is 15.0 Å². The average molecular weight is 622 g/mol. The summed E-state index contributed by atoms with van der Waals surface area (Å²) < 4.78 is 21.5. The summed E-state index contributed by atoms with van der Waals surface area (Å²) in [5, 5.41) is 12.3.